The lowest BCUT2D eigenvalue weighted by molar-refractivity contribution is 0.114. The third-order valence-electron chi connectivity index (χ3n) is 2.58. The van der Waals surface area contributed by atoms with Crippen LogP contribution in [0, 0.1) is 0 Å². The minimum atomic E-state index is -0.351. The second kappa shape index (κ2) is 6.54. The Morgan fingerprint density at radius 2 is 2.16 bits per heavy atom. The van der Waals surface area contributed by atoms with Gasteiger partial charge in [-0.05, 0) is 26.7 Å². The van der Waals surface area contributed by atoms with Gasteiger partial charge in [-0.2, -0.15) is 0 Å². The van der Waals surface area contributed by atoms with Gasteiger partial charge < -0.3 is 14.0 Å². The van der Waals surface area contributed by atoms with Gasteiger partial charge in [0.25, 0.3) is 5.88 Å². The molecule has 0 aliphatic carbocycles. The molecular weight excluding hydrogens is 310 g/mol. The lowest BCUT2D eigenvalue weighted by Crippen LogP contribution is -1.97. The van der Waals surface area contributed by atoms with Gasteiger partial charge in [-0.1, -0.05) is 36.4 Å². The summed E-state index contributed by atoms with van der Waals surface area (Å²) in [5.74, 6) is 0.948. The molecule has 5 heteroatoms. The Balaban J connectivity index is 2.08. The second-order valence-corrected chi connectivity index (χ2v) is 4.63. The van der Waals surface area contributed by atoms with Crippen LogP contribution in [0.2, 0.25) is 0 Å². The minimum absolute atomic E-state index is 0.351. The summed E-state index contributed by atoms with van der Waals surface area (Å²) in [5, 5.41) is 3.88. The highest BCUT2D eigenvalue weighted by atomic mass is 79.9. The number of aromatic nitrogens is 1. The number of benzene rings is 1. The normalized spacial score (nSPS) is 12.1. The highest BCUT2D eigenvalue weighted by Gasteiger charge is 2.21. The molecule has 0 unspecified atom stereocenters. The zero-order valence-corrected chi connectivity index (χ0v) is 12.1. The summed E-state index contributed by atoms with van der Waals surface area (Å²) in [6.45, 7) is 4.11. The van der Waals surface area contributed by atoms with Crippen LogP contribution in [0.15, 0.2) is 52.0 Å². The van der Waals surface area contributed by atoms with Crippen molar-refractivity contribution in [3.8, 4) is 5.88 Å². The van der Waals surface area contributed by atoms with E-state index >= 15 is 0 Å². The van der Waals surface area contributed by atoms with Gasteiger partial charge in [-0.15, -0.1) is 6.58 Å². The molecule has 2 rings (SSSR count). The first kappa shape index (κ1) is 13.8. The van der Waals surface area contributed by atoms with Crippen LogP contribution in [0.3, 0.4) is 0 Å². The lowest BCUT2D eigenvalue weighted by atomic mass is 10.2. The van der Waals surface area contributed by atoms with Gasteiger partial charge in [0.2, 0.25) is 0 Å². The average Bonchev–Trinajstić information content (AvgIpc) is 2.81. The van der Waals surface area contributed by atoms with Crippen molar-refractivity contribution in [1.82, 2.24) is 5.16 Å². The van der Waals surface area contributed by atoms with Crippen molar-refractivity contribution in [2.45, 2.75) is 12.7 Å². The molecule has 100 valence electrons. The van der Waals surface area contributed by atoms with E-state index < -0.39 is 0 Å². The summed E-state index contributed by atoms with van der Waals surface area (Å²) in [6.07, 6.45) is 1.28. The summed E-state index contributed by atoms with van der Waals surface area (Å²) in [4.78, 5) is 0. The molecule has 2 aromatic rings. The molecule has 1 aromatic carbocycles. The zero-order chi connectivity index (χ0) is 13.7. The van der Waals surface area contributed by atoms with E-state index in [4.69, 9.17) is 14.0 Å². The van der Waals surface area contributed by atoms with Crippen molar-refractivity contribution in [3.05, 3.63) is 58.8 Å². The summed E-state index contributed by atoms with van der Waals surface area (Å²) < 4.78 is 16.7. The maximum atomic E-state index is 5.60. The maximum absolute atomic E-state index is 5.60. The first-order valence-corrected chi connectivity index (χ1v) is 6.52. The summed E-state index contributed by atoms with van der Waals surface area (Å²) in [6, 6.07) is 9.84. The number of methoxy groups -OCH3 is 1. The van der Waals surface area contributed by atoms with Crippen molar-refractivity contribution in [2.24, 2.45) is 0 Å². The van der Waals surface area contributed by atoms with E-state index in [1.807, 2.05) is 30.3 Å². The molecule has 4 nitrogen and oxygen atoms in total. The minimum Gasteiger partial charge on any atom is -0.470 e. The molecule has 1 heterocycles. The van der Waals surface area contributed by atoms with Crippen LogP contribution in [-0.4, -0.2) is 12.3 Å². The Labute approximate surface area is 120 Å². The summed E-state index contributed by atoms with van der Waals surface area (Å²) in [7, 11) is 1.58. The van der Waals surface area contributed by atoms with Gasteiger partial charge >= 0.3 is 0 Å². The van der Waals surface area contributed by atoms with Gasteiger partial charge in [-0.3, -0.25) is 0 Å². The van der Waals surface area contributed by atoms with Gasteiger partial charge in [-0.25, -0.2) is 0 Å². The third-order valence-corrected chi connectivity index (χ3v) is 3.31. The predicted octanol–water partition coefficient (Wildman–Crippen LogP) is 3.89. The maximum Gasteiger partial charge on any atom is 0.269 e. The van der Waals surface area contributed by atoms with Gasteiger partial charge in [0.1, 0.15) is 17.2 Å². The fourth-order valence-electron chi connectivity index (χ4n) is 1.58. The van der Waals surface area contributed by atoms with E-state index in [-0.39, 0.29) is 6.10 Å². The van der Waals surface area contributed by atoms with E-state index in [1.54, 1.807) is 13.2 Å². The van der Waals surface area contributed by atoms with Crippen molar-refractivity contribution in [1.29, 1.82) is 0 Å². The lowest BCUT2D eigenvalue weighted by Gasteiger charge is -2.06. The molecule has 0 aliphatic rings. The van der Waals surface area contributed by atoms with Gasteiger partial charge in [0.05, 0.1) is 0 Å². The Hall–Kier alpha value is -1.59. The van der Waals surface area contributed by atoms with Crippen LogP contribution in [-0.2, 0) is 11.3 Å². The molecule has 0 fully saturated rings. The highest BCUT2D eigenvalue weighted by Crippen LogP contribution is 2.34. The second-order valence-electron chi connectivity index (χ2n) is 3.83. The van der Waals surface area contributed by atoms with Crippen LogP contribution in [0.1, 0.15) is 17.4 Å². The number of hydrogen-bond acceptors (Lipinski definition) is 4. The number of nitrogens with zero attached hydrogens (tertiary/aromatic N) is 1. The van der Waals surface area contributed by atoms with E-state index in [9.17, 15) is 0 Å². The van der Waals surface area contributed by atoms with Crippen molar-refractivity contribution in [2.75, 3.05) is 7.11 Å². The Bertz CT molecular complexity index is 539. The molecule has 0 bridgehead atoms. The number of rotatable bonds is 6. The molecule has 0 amide bonds. The van der Waals surface area contributed by atoms with Crippen LogP contribution in [0.5, 0.6) is 5.88 Å². The highest BCUT2D eigenvalue weighted by molar-refractivity contribution is 9.10. The fraction of sp³-hybridized carbons (Fsp3) is 0.214. The van der Waals surface area contributed by atoms with E-state index in [0.717, 1.165) is 5.56 Å². The molecule has 19 heavy (non-hydrogen) atoms. The zero-order valence-electron chi connectivity index (χ0n) is 10.5. The average molecular weight is 324 g/mol. The fourth-order valence-corrected chi connectivity index (χ4v) is 2.06. The molecule has 0 aliphatic heterocycles. The van der Waals surface area contributed by atoms with E-state index in [1.165, 1.54) is 0 Å². The SMILES string of the molecule is C=C[C@@H](OC)c1onc(OCc2ccccc2)c1Br. The van der Waals surface area contributed by atoms with Crippen LogP contribution < -0.4 is 4.74 Å². The molecule has 1 aromatic heterocycles. The Morgan fingerprint density at radius 3 is 2.79 bits per heavy atom. The molecule has 0 N–H and O–H groups in total. The largest absolute Gasteiger partial charge is 0.470 e. The monoisotopic (exact) mass is 323 g/mol. The summed E-state index contributed by atoms with van der Waals surface area (Å²) >= 11 is 3.40. The first-order chi connectivity index (χ1) is 9.26. The third kappa shape index (κ3) is 3.24. The van der Waals surface area contributed by atoms with Gasteiger partial charge in [0, 0.05) is 7.11 Å². The number of ether oxygens (including phenoxy) is 2. The smallest absolute Gasteiger partial charge is 0.269 e. The quantitative estimate of drug-likeness (QED) is 0.756. The molecule has 0 spiro atoms. The molecule has 0 radical (unpaired) electrons. The predicted molar refractivity (Wildman–Crippen MR) is 74.9 cm³/mol. The Morgan fingerprint density at radius 1 is 1.42 bits per heavy atom. The number of halogens is 1. The Kier molecular flexibility index (Phi) is 4.76. The molecule has 1 atom stereocenters. The van der Waals surface area contributed by atoms with Crippen LogP contribution in [0.4, 0.5) is 0 Å². The number of hydrogen-bond donors (Lipinski definition) is 0. The molecule has 0 saturated heterocycles. The van der Waals surface area contributed by atoms with Crippen molar-refractivity contribution in [3.63, 3.8) is 0 Å². The molecule has 0 saturated carbocycles. The van der Waals surface area contributed by atoms with Gasteiger partial charge in [0.15, 0.2) is 5.76 Å². The van der Waals surface area contributed by atoms with Crippen molar-refractivity contribution < 1.29 is 14.0 Å². The standard InChI is InChI=1S/C14H14BrNO3/c1-3-11(17-2)13-12(15)14(16-19-13)18-9-10-7-5-4-6-8-10/h3-8,11H,1,9H2,2H3/t11-/m1/s1. The van der Waals surface area contributed by atoms with Crippen LogP contribution >= 0.6 is 15.9 Å². The first-order valence-electron chi connectivity index (χ1n) is 5.73. The topological polar surface area (TPSA) is 44.5 Å². The molecular formula is C14H14BrNO3. The van der Waals surface area contributed by atoms with Crippen LogP contribution in [0.25, 0.3) is 0 Å². The van der Waals surface area contributed by atoms with Crippen molar-refractivity contribution >= 4 is 15.9 Å². The van der Waals surface area contributed by atoms with E-state index in [0.29, 0.717) is 22.7 Å². The summed E-state index contributed by atoms with van der Waals surface area (Å²) in [5.41, 5.74) is 1.06. The van der Waals surface area contributed by atoms with E-state index in [2.05, 4.69) is 27.7 Å².